The number of aliphatic imine (C=N–C) groups is 1. The molecular formula is C23H40N2O2. The van der Waals surface area contributed by atoms with Crippen molar-refractivity contribution in [3.63, 3.8) is 0 Å². The van der Waals surface area contributed by atoms with E-state index in [1.165, 1.54) is 64.2 Å². The molecule has 154 valence electrons. The summed E-state index contributed by atoms with van der Waals surface area (Å²) in [6.45, 7) is 8.52. The van der Waals surface area contributed by atoms with Crippen LogP contribution in [0, 0.1) is 5.92 Å². The summed E-state index contributed by atoms with van der Waals surface area (Å²) in [6, 6.07) is 0. The van der Waals surface area contributed by atoms with Crippen LogP contribution in [0.15, 0.2) is 28.4 Å². The number of unbranched alkanes of at least 4 members (excludes halogenated alkanes) is 1. The van der Waals surface area contributed by atoms with Gasteiger partial charge in [-0.05, 0) is 39.0 Å². The third-order valence-electron chi connectivity index (χ3n) is 5.37. The molecule has 1 aliphatic rings. The predicted octanol–water partition coefficient (Wildman–Crippen LogP) is 6.57. The van der Waals surface area contributed by atoms with Gasteiger partial charge >= 0.3 is 6.09 Å². The highest BCUT2D eigenvalue weighted by atomic mass is 16.5. The molecular weight excluding hydrogens is 336 g/mol. The van der Waals surface area contributed by atoms with Crippen molar-refractivity contribution in [1.82, 2.24) is 5.32 Å². The second kappa shape index (κ2) is 15.5. The average molecular weight is 377 g/mol. The number of hydrogen-bond acceptors (Lipinski definition) is 3. The number of ether oxygens (including phenoxy) is 1. The summed E-state index contributed by atoms with van der Waals surface area (Å²) in [7, 11) is 0. The van der Waals surface area contributed by atoms with E-state index < -0.39 is 0 Å². The highest BCUT2D eigenvalue weighted by molar-refractivity contribution is 5.67. The summed E-state index contributed by atoms with van der Waals surface area (Å²) in [4.78, 5) is 15.6. The topological polar surface area (TPSA) is 50.7 Å². The van der Waals surface area contributed by atoms with Crippen LogP contribution >= 0.6 is 0 Å². The van der Waals surface area contributed by atoms with Crippen LogP contribution in [0.1, 0.15) is 90.9 Å². The number of alkyl carbamates (subject to hydrolysis) is 1. The summed E-state index contributed by atoms with van der Waals surface area (Å²) < 4.78 is 5.24. The molecule has 0 unspecified atom stereocenters. The Labute approximate surface area is 166 Å². The van der Waals surface area contributed by atoms with Crippen LogP contribution in [-0.2, 0) is 4.74 Å². The van der Waals surface area contributed by atoms with Crippen molar-refractivity contribution >= 4 is 12.8 Å². The molecule has 27 heavy (non-hydrogen) atoms. The Morgan fingerprint density at radius 3 is 2.41 bits per heavy atom. The minimum absolute atomic E-state index is 0.301. The molecule has 0 saturated heterocycles. The van der Waals surface area contributed by atoms with E-state index >= 15 is 0 Å². The highest BCUT2D eigenvalue weighted by Crippen LogP contribution is 2.25. The quantitative estimate of drug-likeness (QED) is 0.266. The molecule has 4 heteroatoms. The van der Waals surface area contributed by atoms with Crippen molar-refractivity contribution in [3.8, 4) is 0 Å². The van der Waals surface area contributed by atoms with Crippen LogP contribution in [0.25, 0.3) is 0 Å². The molecule has 4 nitrogen and oxygen atoms in total. The lowest BCUT2D eigenvalue weighted by Gasteiger charge is -2.15. The number of rotatable bonds is 10. The van der Waals surface area contributed by atoms with E-state index in [4.69, 9.17) is 4.74 Å². The van der Waals surface area contributed by atoms with Crippen LogP contribution in [-0.4, -0.2) is 26.0 Å². The number of carbonyl (C=O) groups excluding carboxylic acids is 1. The van der Waals surface area contributed by atoms with Gasteiger partial charge in [-0.25, -0.2) is 4.79 Å². The van der Waals surface area contributed by atoms with Gasteiger partial charge in [0.15, 0.2) is 0 Å². The zero-order valence-electron chi connectivity index (χ0n) is 17.6. The van der Waals surface area contributed by atoms with Gasteiger partial charge in [0.25, 0.3) is 0 Å². The fourth-order valence-corrected chi connectivity index (χ4v) is 3.51. The van der Waals surface area contributed by atoms with E-state index in [1.807, 2.05) is 26.0 Å². The molecule has 1 fully saturated rings. The molecule has 1 N–H and O–H groups in total. The maximum absolute atomic E-state index is 11.7. The molecule has 0 radical (unpaired) electrons. The monoisotopic (exact) mass is 376 g/mol. The number of allylic oxidation sites excluding steroid dienone is 3. The van der Waals surface area contributed by atoms with E-state index in [0.717, 1.165) is 30.0 Å². The SMILES string of the molecule is C=N/C(C)=C\C=C(/C)CCOC(=O)NCCCCC1CCCCCCCC1. The van der Waals surface area contributed by atoms with Gasteiger partial charge < -0.3 is 10.1 Å². The van der Waals surface area contributed by atoms with E-state index in [9.17, 15) is 4.79 Å². The summed E-state index contributed by atoms with van der Waals surface area (Å²) in [5.41, 5.74) is 2.03. The van der Waals surface area contributed by atoms with Crippen LogP contribution in [0.2, 0.25) is 0 Å². The first kappa shape index (κ1) is 23.5. The molecule has 0 spiro atoms. The molecule has 0 bridgehead atoms. The summed E-state index contributed by atoms with van der Waals surface area (Å²) in [5, 5.41) is 2.87. The fourth-order valence-electron chi connectivity index (χ4n) is 3.51. The van der Waals surface area contributed by atoms with Gasteiger partial charge in [0.2, 0.25) is 0 Å². The lowest BCUT2D eigenvalue weighted by Crippen LogP contribution is -2.25. The Morgan fingerprint density at radius 1 is 1.07 bits per heavy atom. The van der Waals surface area contributed by atoms with Crippen molar-refractivity contribution < 1.29 is 9.53 Å². The first-order valence-electron chi connectivity index (χ1n) is 10.8. The van der Waals surface area contributed by atoms with E-state index in [-0.39, 0.29) is 6.09 Å². The Hall–Kier alpha value is -1.58. The minimum Gasteiger partial charge on any atom is -0.449 e. The molecule has 0 aromatic heterocycles. The summed E-state index contributed by atoms with van der Waals surface area (Å²) in [6.07, 6.45) is 19.2. The Balaban J connectivity index is 2.05. The molecule has 1 saturated carbocycles. The van der Waals surface area contributed by atoms with Gasteiger partial charge in [0.05, 0.1) is 6.61 Å². The molecule has 1 amide bonds. The van der Waals surface area contributed by atoms with E-state index in [1.54, 1.807) is 0 Å². The molecule has 0 aromatic rings. The summed E-state index contributed by atoms with van der Waals surface area (Å²) >= 11 is 0. The molecule has 1 aliphatic carbocycles. The first-order valence-corrected chi connectivity index (χ1v) is 10.8. The van der Waals surface area contributed by atoms with Crippen LogP contribution in [0.5, 0.6) is 0 Å². The lowest BCUT2D eigenvalue weighted by atomic mass is 9.92. The normalized spacial score (nSPS) is 17.6. The zero-order valence-corrected chi connectivity index (χ0v) is 17.6. The average Bonchev–Trinajstić information content (AvgIpc) is 2.79. The smallest absolute Gasteiger partial charge is 0.407 e. The molecule has 0 aromatic carbocycles. The van der Waals surface area contributed by atoms with E-state index in [2.05, 4.69) is 17.0 Å². The van der Waals surface area contributed by atoms with Gasteiger partial charge in [-0.1, -0.05) is 75.9 Å². The maximum Gasteiger partial charge on any atom is 0.407 e. The minimum atomic E-state index is -0.301. The number of amides is 1. The number of hydrogen-bond donors (Lipinski definition) is 1. The van der Waals surface area contributed by atoms with Crippen LogP contribution < -0.4 is 5.32 Å². The Kier molecular flexibility index (Phi) is 13.4. The van der Waals surface area contributed by atoms with Crippen LogP contribution in [0.3, 0.4) is 0 Å². The third-order valence-corrected chi connectivity index (χ3v) is 5.37. The van der Waals surface area contributed by atoms with Gasteiger partial charge in [-0.15, -0.1) is 0 Å². The van der Waals surface area contributed by atoms with Crippen molar-refractivity contribution in [2.45, 2.75) is 90.9 Å². The van der Waals surface area contributed by atoms with Gasteiger partial charge in [-0.2, -0.15) is 0 Å². The number of carbonyl (C=O) groups is 1. The second-order valence-electron chi connectivity index (χ2n) is 7.85. The standard InChI is InChI=1S/C23H40N2O2/c1-20(15-16-21(2)24-3)17-19-27-23(26)25-18-11-10-14-22-12-8-6-4-5-7-9-13-22/h15-16,22H,3-14,17-19H2,1-2H3,(H,25,26)/b20-15+,21-16-. The largest absolute Gasteiger partial charge is 0.449 e. The van der Waals surface area contributed by atoms with Crippen molar-refractivity contribution in [3.05, 3.63) is 23.4 Å². The van der Waals surface area contributed by atoms with Crippen LogP contribution in [0.4, 0.5) is 4.79 Å². The first-order chi connectivity index (χ1) is 13.1. The Bertz CT molecular complexity index is 473. The molecule has 0 aliphatic heterocycles. The van der Waals surface area contributed by atoms with Gasteiger partial charge in [0.1, 0.15) is 0 Å². The van der Waals surface area contributed by atoms with Gasteiger partial charge in [-0.3, -0.25) is 4.99 Å². The van der Waals surface area contributed by atoms with Crippen molar-refractivity contribution in [2.24, 2.45) is 10.9 Å². The third kappa shape index (κ3) is 13.3. The maximum atomic E-state index is 11.7. The molecule has 1 rings (SSSR count). The fraction of sp³-hybridized carbons (Fsp3) is 0.739. The summed E-state index contributed by atoms with van der Waals surface area (Å²) in [5.74, 6) is 0.902. The van der Waals surface area contributed by atoms with Crippen molar-refractivity contribution in [1.29, 1.82) is 0 Å². The predicted molar refractivity (Wildman–Crippen MR) is 115 cm³/mol. The van der Waals surface area contributed by atoms with Crippen molar-refractivity contribution in [2.75, 3.05) is 13.2 Å². The molecule has 0 atom stereocenters. The number of nitrogens with one attached hydrogen (secondary N) is 1. The van der Waals surface area contributed by atoms with E-state index in [0.29, 0.717) is 13.2 Å². The highest BCUT2D eigenvalue weighted by Gasteiger charge is 2.10. The molecule has 0 heterocycles. The number of nitrogens with zero attached hydrogens (tertiary/aromatic N) is 1. The lowest BCUT2D eigenvalue weighted by molar-refractivity contribution is 0.147. The Morgan fingerprint density at radius 2 is 1.74 bits per heavy atom. The van der Waals surface area contributed by atoms with Gasteiger partial charge in [0, 0.05) is 18.7 Å². The second-order valence-corrected chi connectivity index (χ2v) is 7.85. The zero-order chi connectivity index (χ0) is 19.7.